The molecule has 1 heterocycles. The Morgan fingerprint density at radius 3 is 2.93 bits per heavy atom. The largest absolute Gasteiger partial charge is 0.492 e. The third kappa shape index (κ3) is 1.53. The van der Waals surface area contributed by atoms with Gasteiger partial charge in [-0.25, -0.2) is 0 Å². The number of Topliss-reactive ketones (excluding diaryl/α,β-unsaturated/α-hetero) is 1. The third-order valence-electron chi connectivity index (χ3n) is 2.96. The van der Waals surface area contributed by atoms with E-state index in [0.717, 1.165) is 30.6 Å². The third-order valence-corrected chi connectivity index (χ3v) is 3.18. The lowest BCUT2D eigenvalue weighted by atomic mass is 10.0. The molecule has 0 saturated heterocycles. The summed E-state index contributed by atoms with van der Waals surface area (Å²) in [7, 11) is 0. The number of fused-ring (bicyclic) bond motifs is 1. The lowest BCUT2D eigenvalue weighted by Gasteiger charge is -2.07. The summed E-state index contributed by atoms with van der Waals surface area (Å²) in [6.07, 6.45) is 2.89. The molecule has 1 aliphatic carbocycles. The first kappa shape index (κ1) is 9.22. The molecule has 1 fully saturated rings. The van der Waals surface area contributed by atoms with E-state index in [1.165, 1.54) is 0 Å². The first-order valence-electron chi connectivity index (χ1n) is 5.25. The van der Waals surface area contributed by atoms with Crippen LogP contribution < -0.4 is 4.74 Å². The maximum atomic E-state index is 12.0. The molecular weight excluding hydrogens is 212 g/mol. The van der Waals surface area contributed by atoms with Crippen LogP contribution in [0.3, 0.4) is 0 Å². The molecule has 0 radical (unpaired) electrons. The minimum atomic E-state index is 0.204. The summed E-state index contributed by atoms with van der Waals surface area (Å²) >= 11 is 5.99. The summed E-state index contributed by atoms with van der Waals surface area (Å²) in [6, 6.07) is 3.64. The van der Waals surface area contributed by atoms with Crippen LogP contribution in [0.4, 0.5) is 0 Å². The smallest absolute Gasteiger partial charge is 0.169 e. The van der Waals surface area contributed by atoms with Crippen LogP contribution >= 0.6 is 11.6 Å². The Kier molecular flexibility index (Phi) is 1.99. The lowest BCUT2D eigenvalue weighted by Crippen LogP contribution is -2.03. The fourth-order valence-corrected chi connectivity index (χ4v) is 2.26. The minimum Gasteiger partial charge on any atom is -0.492 e. The number of rotatable bonds is 2. The molecule has 2 aliphatic rings. The van der Waals surface area contributed by atoms with Gasteiger partial charge in [0.2, 0.25) is 0 Å². The fourth-order valence-electron chi connectivity index (χ4n) is 2.02. The van der Waals surface area contributed by atoms with Gasteiger partial charge in [-0.3, -0.25) is 4.79 Å². The van der Waals surface area contributed by atoms with Crippen LogP contribution in [0.15, 0.2) is 12.1 Å². The number of hydrogen-bond acceptors (Lipinski definition) is 2. The molecule has 0 atom stereocenters. The SMILES string of the molecule is O=C(c1cc(Cl)cc2c1OCC2)C1CC1. The summed E-state index contributed by atoms with van der Waals surface area (Å²) in [5.74, 6) is 1.20. The average molecular weight is 223 g/mol. The average Bonchev–Trinajstić information content (AvgIpc) is 2.96. The van der Waals surface area contributed by atoms with Crippen LogP contribution in [0, 0.1) is 5.92 Å². The van der Waals surface area contributed by atoms with Crippen molar-refractivity contribution in [1.82, 2.24) is 0 Å². The Morgan fingerprint density at radius 1 is 1.40 bits per heavy atom. The van der Waals surface area contributed by atoms with E-state index in [-0.39, 0.29) is 11.7 Å². The lowest BCUT2D eigenvalue weighted by molar-refractivity contribution is 0.0964. The molecule has 3 heteroatoms. The molecule has 1 aromatic carbocycles. The van der Waals surface area contributed by atoms with Crippen molar-refractivity contribution in [3.63, 3.8) is 0 Å². The molecule has 1 saturated carbocycles. The second kappa shape index (κ2) is 3.24. The highest BCUT2D eigenvalue weighted by Crippen LogP contribution is 2.39. The van der Waals surface area contributed by atoms with E-state index in [0.29, 0.717) is 17.2 Å². The quantitative estimate of drug-likeness (QED) is 0.720. The van der Waals surface area contributed by atoms with Crippen molar-refractivity contribution in [2.45, 2.75) is 19.3 Å². The monoisotopic (exact) mass is 222 g/mol. The summed E-state index contributed by atoms with van der Waals surface area (Å²) < 4.78 is 5.50. The van der Waals surface area contributed by atoms with Gasteiger partial charge < -0.3 is 4.74 Å². The first-order valence-corrected chi connectivity index (χ1v) is 5.63. The van der Waals surface area contributed by atoms with Crippen LogP contribution in [0.2, 0.25) is 5.02 Å². The van der Waals surface area contributed by atoms with Gasteiger partial charge in [-0.2, -0.15) is 0 Å². The maximum Gasteiger partial charge on any atom is 0.169 e. The molecular formula is C12H11ClO2. The summed E-state index contributed by atoms with van der Waals surface area (Å²) in [5, 5.41) is 0.642. The number of halogens is 1. The number of benzene rings is 1. The second-order valence-corrected chi connectivity index (χ2v) is 4.62. The second-order valence-electron chi connectivity index (χ2n) is 4.18. The van der Waals surface area contributed by atoms with E-state index < -0.39 is 0 Å². The van der Waals surface area contributed by atoms with Crippen molar-refractivity contribution in [2.75, 3.05) is 6.61 Å². The van der Waals surface area contributed by atoms with Crippen LogP contribution in [0.25, 0.3) is 0 Å². The molecule has 0 spiro atoms. The van der Waals surface area contributed by atoms with Crippen LogP contribution in [0.1, 0.15) is 28.8 Å². The van der Waals surface area contributed by atoms with Crippen molar-refractivity contribution in [1.29, 1.82) is 0 Å². The summed E-state index contributed by atoms with van der Waals surface area (Å²) in [6.45, 7) is 0.667. The topological polar surface area (TPSA) is 26.3 Å². The zero-order valence-electron chi connectivity index (χ0n) is 8.25. The minimum absolute atomic E-state index is 0.204. The fraction of sp³-hybridized carbons (Fsp3) is 0.417. The van der Waals surface area contributed by atoms with E-state index >= 15 is 0 Å². The number of carbonyl (C=O) groups excluding carboxylic acids is 1. The van der Waals surface area contributed by atoms with E-state index in [2.05, 4.69) is 0 Å². The van der Waals surface area contributed by atoms with Crippen molar-refractivity contribution in [3.05, 3.63) is 28.3 Å². The maximum absolute atomic E-state index is 12.0. The predicted octanol–water partition coefficient (Wildman–Crippen LogP) is 2.87. The van der Waals surface area contributed by atoms with Crippen molar-refractivity contribution >= 4 is 17.4 Å². The van der Waals surface area contributed by atoms with E-state index in [1.807, 2.05) is 6.07 Å². The normalized spacial score (nSPS) is 18.5. The highest BCUT2D eigenvalue weighted by atomic mass is 35.5. The van der Waals surface area contributed by atoms with Gasteiger partial charge in [-0.05, 0) is 30.5 Å². The van der Waals surface area contributed by atoms with Gasteiger partial charge in [0, 0.05) is 17.4 Å². The zero-order chi connectivity index (χ0) is 10.4. The zero-order valence-corrected chi connectivity index (χ0v) is 9.01. The van der Waals surface area contributed by atoms with Gasteiger partial charge in [0.1, 0.15) is 5.75 Å². The number of ketones is 1. The molecule has 0 N–H and O–H groups in total. The van der Waals surface area contributed by atoms with Gasteiger partial charge in [-0.1, -0.05) is 11.6 Å². The molecule has 0 bridgehead atoms. The molecule has 2 nitrogen and oxygen atoms in total. The number of hydrogen-bond donors (Lipinski definition) is 0. The number of ether oxygens (including phenoxy) is 1. The van der Waals surface area contributed by atoms with Crippen molar-refractivity contribution in [3.8, 4) is 5.75 Å². The highest BCUT2D eigenvalue weighted by Gasteiger charge is 2.33. The Hall–Kier alpha value is -1.02. The van der Waals surface area contributed by atoms with Crippen molar-refractivity contribution < 1.29 is 9.53 Å². The Morgan fingerprint density at radius 2 is 2.20 bits per heavy atom. The molecule has 15 heavy (non-hydrogen) atoms. The molecule has 0 amide bonds. The molecule has 3 rings (SSSR count). The van der Waals surface area contributed by atoms with Gasteiger partial charge in [-0.15, -0.1) is 0 Å². The Balaban J connectivity index is 2.09. The molecule has 1 aliphatic heterocycles. The predicted molar refractivity (Wildman–Crippen MR) is 57.7 cm³/mol. The highest BCUT2D eigenvalue weighted by molar-refractivity contribution is 6.31. The van der Waals surface area contributed by atoms with Crippen LogP contribution in [0.5, 0.6) is 5.75 Å². The van der Waals surface area contributed by atoms with Gasteiger partial charge in [0.05, 0.1) is 12.2 Å². The number of carbonyl (C=O) groups is 1. The van der Waals surface area contributed by atoms with E-state index in [9.17, 15) is 4.79 Å². The van der Waals surface area contributed by atoms with E-state index in [4.69, 9.17) is 16.3 Å². The summed E-state index contributed by atoms with van der Waals surface area (Å²) in [5.41, 5.74) is 1.77. The van der Waals surface area contributed by atoms with Crippen LogP contribution in [-0.4, -0.2) is 12.4 Å². The van der Waals surface area contributed by atoms with Crippen LogP contribution in [-0.2, 0) is 6.42 Å². The standard InChI is InChI=1S/C12H11ClO2/c13-9-5-8-3-4-15-12(8)10(6-9)11(14)7-1-2-7/h5-7H,1-4H2. The van der Waals surface area contributed by atoms with Gasteiger partial charge >= 0.3 is 0 Å². The first-order chi connectivity index (χ1) is 7.25. The van der Waals surface area contributed by atoms with Gasteiger partial charge in [0.25, 0.3) is 0 Å². The van der Waals surface area contributed by atoms with Crippen molar-refractivity contribution in [2.24, 2.45) is 5.92 Å². The molecule has 1 aromatic rings. The molecule has 0 aromatic heterocycles. The molecule has 78 valence electrons. The summed E-state index contributed by atoms with van der Waals surface area (Å²) in [4.78, 5) is 12.0. The van der Waals surface area contributed by atoms with Gasteiger partial charge in [0.15, 0.2) is 5.78 Å². The Labute approximate surface area is 93.2 Å². The van der Waals surface area contributed by atoms with E-state index in [1.54, 1.807) is 6.07 Å². The Bertz CT molecular complexity index is 435. The molecule has 0 unspecified atom stereocenters.